The van der Waals surface area contributed by atoms with Crippen LogP contribution in [0.4, 0.5) is 5.00 Å². The van der Waals surface area contributed by atoms with E-state index in [4.69, 9.17) is 17.3 Å². The fourth-order valence-electron chi connectivity index (χ4n) is 2.63. The molecule has 1 heterocycles. The fourth-order valence-corrected chi connectivity index (χ4v) is 3.82. The van der Waals surface area contributed by atoms with Crippen LogP contribution in [-0.2, 0) is 6.42 Å². The summed E-state index contributed by atoms with van der Waals surface area (Å²) in [4.78, 5) is 13.8. The Labute approximate surface area is 147 Å². The molecule has 0 aliphatic rings. The number of nitrogens with two attached hydrogens (primary N) is 1. The van der Waals surface area contributed by atoms with Gasteiger partial charge in [0, 0.05) is 10.4 Å². The summed E-state index contributed by atoms with van der Waals surface area (Å²) in [5.41, 5.74) is 7.16. The fraction of sp³-hybridized carbons (Fsp3) is 0.421. The Hall–Kier alpha value is -1.32. The zero-order valence-electron chi connectivity index (χ0n) is 13.6. The molecule has 0 radical (unpaired) electrons. The van der Waals surface area contributed by atoms with E-state index in [1.807, 2.05) is 18.2 Å². The van der Waals surface area contributed by atoms with Gasteiger partial charge in [0.25, 0.3) is 0 Å². The van der Waals surface area contributed by atoms with Crippen LogP contribution < -0.4 is 5.73 Å². The zero-order chi connectivity index (χ0) is 16.7. The van der Waals surface area contributed by atoms with E-state index in [2.05, 4.69) is 6.92 Å². The minimum atomic E-state index is -0.0847. The van der Waals surface area contributed by atoms with E-state index in [0.29, 0.717) is 21.2 Å². The molecule has 0 fully saturated rings. The lowest BCUT2D eigenvalue weighted by atomic mass is 10.0. The molecule has 1 aromatic carbocycles. The van der Waals surface area contributed by atoms with Gasteiger partial charge < -0.3 is 5.73 Å². The Kier molecular flexibility index (Phi) is 7.13. The van der Waals surface area contributed by atoms with Crippen LogP contribution in [0.2, 0.25) is 5.02 Å². The van der Waals surface area contributed by atoms with Crippen molar-refractivity contribution in [3.8, 4) is 0 Å². The summed E-state index contributed by atoms with van der Waals surface area (Å²) in [6.45, 7) is 2.23. The molecule has 0 unspecified atom stereocenters. The monoisotopic (exact) mass is 349 g/mol. The molecule has 124 valence electrons. The second kappa shape index (κ2) is 9.09. The molecule has 0 aliphatic carbocycles. The van der Waals surface area contributed by atoms with Crippen molar-refractivity contribution in [2.45, 2.75) is 51.9 Å². The number of benzene rings is 1. The number of halogens is 1. The van der Waals surface area contributed by atoms with Gasteiger partial charge in [0.1, 0.15) is 0 Å². The molecular formula is C19H24ClNOS. The Morgan fingerprint density at radius 3 is 2.52 bits per heavy atom. The van der Waals surface area contributed by atoms with Crippen LogP contribution in [0.25, 0.3) is 0 Å². The second-order valence-electron chi connectivity index (χ2n) is 5.82. The number of anilines is 1. The highest BCUT2D eigenvalue weighted by molar-refractivity contribution is 7.16. The summed E-state index contributed by atoms with van der Waals surface area (Å²) in [5, 5.41) is 1.07. The molecule has 1 aromatic heterocycles. The van der Waals surface area contributed by atoms with Crippen LogP contribution in [0.15, 0.2) is 30.3 Å². The SMILES string of the molecule is CCCCCCCCc1cc(C(=O)c2ccccc2Cl)c(N)s1. The van der Waals surface area contributed by atoms with Gasteiger partial charge in [-0.3, -0.25) is 4.79 Å². The molecule has 2 rings (SSSR count). The maximum atomic E-state index is 12.6. The smallest absolute Gasteiger partial charge is 0.197 e. The molecule has 23 heavy (non-hydrogen) atoms. The van der Waals surface area contributed by atoms with Gasteiger partial charge in [-0.15, -0.1) is 11.3 Å². The van der Waals surface area contributed by atoms with Crippen molar-refractivity contribution < 1.29 is 4.79 Å². The van der Waals surface area contributed by atoms with Crippen LogP contribution in [0.3, 0.4) is 0 Å². The van der Waals surface area contributed by atoms with Crippen molar-refractivity contribution in [2.24, 2.45) is 0 Å². The number of aryl methyl sites for hydroxylation is 1. The Bertz CT molecular complexity index is 651. The number of ketones is 1. The number of hydrogen-bond acceptors (Lipinski definition) is 3. The highest BCUT2D eigenvalue weighted by atomic mass is 35.5. The minimum Gasteiger partial charge on any atom is -0.390 e. The van der Waals surface area contributed by atoms with Crippen LogP contribution in [0.1, 0.15) is 66.2 Å². The summed E-state index contributed by atoms with van der Waals surface area (Å²) in [6, 6.07) is 9.06. The van der Waals surface area contributed by atoms with Crippen LogP contribution in [0, 0.1) is 0 Å². The van der Waals surface area contributed by atoms with Crippen molar-refractivity contribution in [2.75, 3.05) is 5.73 Å². The molecule has 0 bridgehead atoms. The third-order valence-corrected chi connectivity index (χ3v) is 5.31. The molecule has 4 heteroatoms. The predicted molar refractivity (Wildman–Crippen MR) is 101 cm³/mol. The molecule has 0 saturated heterocycles. The van der Waals surface area contributed by atoms with E-state index in [1.165, 1.54) is 48.3 Å². The van der Waals surface area contributed by atoms with Gasteiger partial charge in [-0.2, -0.15) is 0 Å². The van der Waals surface area contributed by atoms with Crippen LogP contribution >= 0.6 is 22.9 Å². The second-order valence-corrected chi connectivity index (χ2v) is 7.39. The van der Waals surface area contributed by atoms with Crippen molar-refractivity contribution >= 4 is 33.7 Å². The number of carbonyl (C=O) groups is 1. The van der Waals surface area contributed by atoms with E-state index >= 15 is 0 Å². The lowest BCUT2D eigenvalue weighted by molar-refractivity contribution is 0.104. The minimum absolute atomic E-state index is 0.0847. The van der Waals surface area contributed by atoms with E-state index in [9.17, 15) is 4.79 Å². The largest absolute Gasteiger partial charge is 0.390 e. The molecule has 2 N–H and O–H groups in total. The summed E-state index contributed by atoms with van der Waals surface area (Å²) >= 11 is 7.64. The maximum absolute atomic E-state index is 12.6. The van der Waals surface area contributed by atoms with Gasteiger partial charge >= 0.3 is 0 Å². The first kappa shape index (κ1) is 18.0. The normalized spacial score (nSPS) is 10.9. The number of thiophene rings is 1. The molecule has 0 atom stereocenters. The third-order valence-electron chi connectivity index (χ3n) is 3.95. The quantitative estimate of drug-likeness (QED) is 0.438. The topological polar surface area (TPSA) is 43.1 Å². The van der Waals surface area contributed by atoms with E-state index in [1.54, 1.807) is 12.1 Å². The number of nitrogen functional groups attached to an aromatic ring is 1. The van der Waals surface area contributed by atoms with Gasteiger partial charge in [0.15, 0.2) is 5.78 Å². The van der Waals surface area contributed by atoms with E-state index in [-0.39, 0.29) is 5.78 Å². The van der Waals surface area contributed by atoms with Gasteiger partial charge in [-0.1, -0.05) is 62.8 Å². The summed E-state index contributed by atoms with van der Waals surface area (Å²) in [5.74, 6) is -0.0847. The first-order chi connectivity index (χ1) is 11.1. The van der Waals surface area contributed by atoms with Crippen LogP contribution in [0.5, 0.6) is 0 Å². The molecule has 2 nitrogen and oxygen atoms in total. The van der Waals surface area contributed by atoms with E-state index < -0.39 is 0 Å². The average Bonchev–Trinajstić information content (AvgIpc) is 2.91. The first-order valence-corrected chi connectivity index (χ1v) is 9.50. The van der Waals surface area contributed by atoms with Crippen LogP contribution in [-0.4, -0.2) is 5.78 Å². The molecule has 0 spiro atoms. The Balaban J connectivity index is 1.96. The Morgan fingerprint density at radius 1 is 1.09 bits per heavy atom. The summed E-state index contributed by atoms with van der Waals surface area (Å²) in [7, 11) is 0. The zero-order valence-corrected chi connectivity index (χ0v) is 15.2. The third kappa shape index (κ3) is 5.08. The highest BCUT2D eigenvalue weighted by Gasteiger charge is 2.17. The highest BCUT2D eigenvalue weighted by Crippen LogP contribution is 2.30. The predicted octanol–water partition coefficient (Wildman–Crippen LogP) is 6.12. The van der Waals surface area contributed by atoms with Gasteiger partial charge in [0.2, 0.25) is 0 Å². The number of unbranched alkanes of at least 4 members (excludes halogenated alkanes) is 5. The van der Waals surface area contributed by atoms with E-state index in [0.717, 1.165) is 12.8 Å². The average molecular weight is 350 g/mol. The summed E-state index contributed by atoms with van der Waals surface area (Å²) in [6.07, 6.45) is 8.60. The molecule has 0 aliphatic heterocycles. The summed E-state index contributed by atoms with van der Waals surface area (Å²) < 4.78 is 0. The van der Waals surface area contributed by atoms with Crippen molar-refractivity contribution in [1.82, 2.24) is 0 Å². The van der Waals surface area contributed by atoms with Gasteiger partial charge in [-0.25, -0.2) is 0 Å². The lowest BCUT2D eigenvalue weighted by Gasteiger charge is -2.02. The molecule has 0 amide bonds. The van der Waals surface area contributed by atoms with Crippen molar-refractivity contribution in [3.63, 3.8) is 0 Å². The molecular weight excluding hydrogens is 326 g/mol. The van der Waals surface area contributed by atoms with Crippen molar-refractivity contribution in [1.29, 1.82) is 0 Å². The number of rotatable bonds is 9. The Morgan fingerprint density at radius 2 is 1.78 bits per heavy atom. The molecule has 2 aromatic rings. The van der Waals surface area contributed by atoms with Gasteiger partial charge in [0.05, 0.1) is 15.6 Å². The molecule has 0 saturated carbocycles. The lowest BCUT2D eigenvalue weighted by Crippen LogP contribution is -2.03. The van der Waals surface area contributed by atoms with Gasteiger partial charge in [-0.05, 0) is 31.0 Å². The standard InChI is InChI=1S/C19H24ClNOS/c1-2-3-4-5-6-7-10-14-13-16(19(21)23-14)18(22)15-11-8-9-12-17(15)20/h8-9,11-13H,2-7,10,21H2,1H3. The maximum Gasteiger partial charge on any atom is 0.197 e. The number of carbonyl (C=O) groups excluding carboxylic acids is 1. The first-order valence-electron chi connectivity index (χ1n) is 8.31. The number of hydrogen-bond donors (Lipinski definition) is 1. The van der Waals surface area contributed by atoms with Crippen molar-refractivity contribution in [3.05, 3.63) is 51.4 Å².